The van der Waals surface area contributed by atoms with E-state index in [1.807, 2.05) is 0 Å². The third-order valence-corrected chi connectivity index (χ3v) is 5.53. The molecule has 0 spiro atoms. The highest BCUT2D eigenvalue weighted by Crippen LogP contribution is 2.22. The predicted molar refractivity (Wildman–Crippen MR) is 91.9 cm³/mol. The fourth-order valence-corrected chi connectivity index (χ4v) is 3.70. The van der Waals surface area contributed by atoms with Gasteiger partial charge in [0.25, 0.3) is 0 Å². The number of aromatic nitrogens is 1. The van der Waals surface area contributed by atoms with Gasteiger partial charge in [0.2, 0.25) is 10.0 Å². The van der Waals surface area contributed by atoms with Crippen molar-refractivity contribution in [3.05, 3.63) is 62.6 Å². The average Bonchev–Trinajstić information content (AvgIpc) is 2.81. The van der Waals surface area contributed by atoms with Gasteiger partial charge in [0, 0.05) is 29.7 Å². The van der Waals surface area contributed by atoms with Crippen LogP contribution in [0.3, 0.4) is 0 Å². The summed E-state index contributed by atoms with van der Waals surface area (Å²) in [5, 5.41) is 0.839. The highest BCUT2D eigenvalue weighted by atomic mass is 35.5. The molecule has 9 heteroatoms. The Kier molecular flexibility index (Phi) is 4.44. The summed E-state index contributed by atoms with van der Waals surface area (Å²) in [6.07, 6.45) is 0. The second kappa shape index (κ2) is 6.25. The second-order valence-corrected chi connectivity index (χ2v) is 7.73. The standard InChI is InChI=1S/C15H12Cl2N2O4S/c1-19-13-5-4-11(7-14(13)23-15(19)20)24(21,22)18-8-9-2-3-10(16)6-12(9)17/h2-7,18H,8H2,1H3. The molecule has 0 aliphatic heterocycles. The van der Waals surface area contributed by atoms with Crippen molar-refractivity contribution in [2.45, 2.75) is 11.4 Å². The average molecular weight is 387 g/mol. The van der Waals surface area contributed by atoms with Gasteiger partial charge in [-0.1, -0.05) is 29.3 Å². The van der Waals surface area contributed by atoms with Crippen LogP contribution in [0.4, 0.5) is 0 Å². The van der Waals surface area contributed by atoms with Crippen LogP contribution in [0.5, 0.6) is 0 Å². The van der Waals surface area contributed by atoms with E-state index in [-0.39, 0.29) is 17.0 Å². The largest absolute Gasteiger partial charge is 0.419 e. The lowest BCUT2D eigenvalue weighted by Crippen LogP contribution is -2.23. The minimum atomic E-state index is -3.79. The number of hydrogen-bond acceptors (Lipinski definition) is 4. The minimum Gasteiger partial charge on any atom is -0.408 e. The zero-order chi connectivity index (χ0) is 17.5. The number of nitrogens with one attached hydrogen (secondary N) is 1. The normalized spacial score (nSPS) is 12.0. The second-order valence-electron chi connectivity index (χ2n) is 5.12. The highest BCUT2D eigenvalue weighted by Gasteiger charge is 2.17. The van der Waals surface area contributed by atoms with Crippen molar-refractivity contribution in [2.24, 2.45) is 7.05 Å². The van der Waals surface area contributed by atoms with Gasteiger partial charge >= 0.3 is 5.76 Å². The third kappa shape index (κ3) is 3.21. The number of halogens is 2. The van der Waals surface area contributed by atoms with Crippen LogP contribution in [0.15, 0.2) is 50.5 Å². The van der Waals surface area contributed by atoms with Crippen LogP contribution in [0.25, 0.3) is 11.1 Å². The number of rotatable bonds is 4. The van der Waals surface area contributed by atoms with Crippen molar-refractivity contribution in [2.75, 3.05) is 0 Å². The summed E-state index contributed by atoms with van der Waals surface area (Å²) in [6.45, 7) is 0.00904. The fraction of sp³-hybridized carbons (Fsp3) is 0.133. The third-order valence-electron chi connectivity index (χ3n) is 3.54. The monoisotopic (exact) mass is 386 g/mol. The molecule has 0 atom stereocenters. The molecular weight excluding hydrogens is 375 g/mol. The Hall–Kier alpha value is -1.80. The fourth-order valence-electron chi connectivity index (χ4n) is 2.20. The topological polar surface area (TPSA) is 81.3 Å². The molecule has 0 radical (unpaired) electrons. The molecule has 0 saturated heterocycles. The van der Waals surface area contributed by atoms with E-state index < -0.39 is 15.8 Å². The van der Waals surface area contributed by atoms with Gasteiger partial charge in [-0.15, -0.1) is 0 Å². The first-order valence-electron chi connectivity index (χ1n) is 6.81. The number of nitrogens with zero attached hydrogens (tertiary/aromatic N) is 1. The molecule has 1 N–H and O–H groups in total. The molecule has 24 heavy (non-hydrogen) atoms. The molecule has 6 nitrogen and oxygen atoms in total. The van der Waals surface area contributed by atoms with E-state index in [0.29, 0.717) is 21.1 Å². The zero-order valence-corrected chi connectivity index (χ0v) is 14.7. The maximum Gasteiger partial charge on any atom is 0.419 e. The van der Waals surface area contributed by atoms with Gasteiger partial charge in [-0.05, 0) is 29.8 Å². The number of sulfonamides is 1. The predicted octanol–water partition coefficient (Wildman–Crippen LogP) is 2.92. The Morgan fingerprint density at radius 2 is 1.92 bits per heavy atom. The molecule has 1 aromatic heterocycles. The summed E-state index contributed by atoms with van der Waals surface area (Å²) in [5.41, 5.74) is 1.31. The molecular formula is C15H12Cl2N2O4S. The molecule has 126 valence electrons. The van der Waals surface area contributed by atoms with E-state index >= 15 is 0 Å². The molecule has 3 rings (SSSR count). The van der Waals surface area contributed by atoms with Gasteiger partial charge in [0.05, 0.1) is 10.4 Å². The Morgan fingerprint density at radius 1 is 1.17 bits per heavy atom. The van der Waals surface area contributed by atoms with E-state index in [1.54, 1.807) is 19.2 Å². The molecule has 0 amide bonds. The van der Waals surface area contributed by atoms with Crippen molar-refractivity contribution < 1.29 is 12.8 Å². The first-order chi connectivity index (χ1) is 11.3. The quantitative estimate of drug-likeness (QED) is 0.747. The van der Waals surface area contributed by atoms with Crippen LogP contribution in [-0.2, 0) is 23.6 Å². The maximum atomic E-state index is 12.4. The molecule has 0 saturated carbocycles. The van der Waals surface area contributed by atoms with Crippen LogP contribution in [0.1, 0.15) is 5.56 Å². The molecule has 1 heterocycles. The smallest absolute Gasteiger partial charge is 0.408 e. The molecule has 0 aliphatic rings. The molecule has 2 aromatic carbocycles. The Morgan fingerprint density at radius 3 is 2.62 bits per heavy atom. The van der Waals surface area contributed by atoms with Crippen LogP contribution < -0.4 is 10.5 Å². The van der Waals surface area contributed by atoms with Crippen molar-refractivity contribution in [3.8, 4) is 0 Å². The van der Waals surface area contributed by atoms with Gasteiger partial charge in [0.15, 0.2) is 5.58 Å². The van der Waals surface area contributed by atoms with E-state index in [0.717, 1.165) is 0 Å². The van der Waals surface area contributed by atoms with Crippen molar-refractivity contribution >= 4 is 44.3 Å². The van der Waals surface area contributed by atoms with Gasteiger partial charge < -0.3 is 4.42 Å². The number of benzene rings is 2. The first-order valence-corrected chi connectivity index (χ1v) is 9.05. The summed E-state index contributed by atoms with van der Waals surface area (Å²) in [4.78, 5) is 11.5. The van der Waals surface area contributed by atoms with Crippen molar-refractivity contribution in [3.63, 3.8) is 0 Å². The molecule has 0 unspecified atom stereocenters. The van der Waals surface area contributed by atoms with Gasteiger partial charge in [-0.25, -0.2) is 17.9 Å². The lowest BCUT2D eigenvalue weighted by molar-refractivity contribution is 0.527. The zero-order valence-electron chi connectivity index (χ0n) is 12.4. The van der Waals surface area contributed by atoms with Crippen LogP contribution in [0.2, 0.25) is 10.0 Å². The molecule has 0 bridgehead atoms. The Balaban J connectivity index is 1.88. The number of hydrogen-bond donors (Lipinski definition) is 1. The minimum absolute atomic E-state index is 0.00515. The van der Waals surface area contributed by atoms with Crippen LogP contribution in [0, 0.1) is 0 Å². The summed E-state index contributed by atoms with van der Waals surface area (Å²) in [7, 11) is -2.25. The summed E-state index contributed by atoms with van der Waals surface area (Å²) in [6, 6.07) is 9.04. The van der Waals surface area contributed by atoms with Gasteiger partial charge in [-0.2, -0.15) is 0 Å². The first kappa shape index (κ1) is 17.0. The van der Waals surface area contributed by atoms with E-state index in [4.69, 9.17) is 27.6 Å². The Labute approximate surface area is 147 Å². The van der Waals surface area contributed by atoms with Crippen LogP contribution in [-0.4, -0.2) is 13.0 Å². The molecule has 3 aromatic rings. The lowest BCUT2D eigenvalue weighted by atomic mass is 10.2. The summed E-state index contributed by atoms with van der Waals surface area (Å²) < 4.78 is 33.6. The SMILES string of the molecule is Cn1c(=O)oc2cc(S(=O)(=O)NCc3ccc(Cl)cc3Cl)ccc21. The van der Waals surface area contributed by atoms with Crippen molar-refractivity contribution in [1.82, 2.24) is 9.29 Å². The van der Waals surface area contributed by atoms with E-state index in [1.165, 1.54) is 28.8 Å². The lowest BCUT2D eigenvalue weighted by Gasteiger charge is -2.08. The number of aryl methyl sites for hydroxylation is 1. The van der Waals surface area contributed by atoms with Crippen LogP contribution >= 0.6 is 23.2 Å². The number of oxazole rings is 1. The van der Waals surface area contributed by atoms with Crippen molar-refractivity contribution in [1.29, 1.82) is 0 Å². The maximum absolute atomic E-state index is 12.4. The molecule has 0 fully saturated rings. The molecule has 0 aliphatic carbocycles. The Bertz CT molecular complexity index is 1090. The van der Waals surface area contributed by atoms with Gasteiger partial charge in [0.1, 0.15) is 0 Å². The van der Waals surface area contributed by atoms with E-state index in [9.17, 15) is 13.2 Å². The van der Waals surface area contributed by atoms with E-state index in [2.05, 4.69) is 4.72 Å². The summed E-state index contributed by atoms with van der Waals surface area (Å²) >= 11 is 11.8. The van der Waals surface area contributed by atoms with Gasteiger partial charge in [-0.3, -0.25) is 4.57 Å². The number of fused-ring (bicyclic) bond motifs is 1. The summed E-state index contributed by atoms with van der Waals surface area (Å²) in [5.74, 6) is -0.555. The highest BCUT2D eigenvalue weighted by molar-refractivity contribution is 7.89.